The number of nitrogens with zero attached hydrogens (tertiary/aromatic N) is 1. The summed E-state index contributed by atoms with van der Waals surface area (Å²) in [6.07, 6.45) is 1.43. The standard InChI is InChI=1S/C27H30N4O3/c1-3-26(32)28-22-15-16-31(18-22)23-12-9-20(10-13-23)29-27(33)30-21-11-14-24(25(17-21)34-2)19-7-5-4-6-8-19/h4-14,17,22H,3,15-16,18H2,1-2H3,(H,28,32)(H2,29,30,33). The van der Waals surface area contributed by atoms with Crippen molar-refractivity contribution in [3.05, 3.63) is 72.8 Å². The van der Waals surface area contributed by atoms with Crippen LogP contribution in [0.1, 0.15) is 19.8 Å². The number of methoxy groups -OCH3 is 1. The van der Waals surface area contributed by atoms with Gasteiger partial charge in [-0.25, -0.2) is 4.79 Å². The molecule has 0 radical (unpaired) electrons. The van der Waals surface area contributed by atoms with Crippen molar-refractivity contribution in [3.8, 4) is 16.9 Å². The minimum atomic E-state index is -0.328. The van der Waals surface area contributed by atoms with Crippen LogP contribution in [0, 0.1) is 0 Å². The molecule has 1 saturated heterocycles. The summed E-state index contributed by atoms with van der Waals surface area (Å²) in [5, 5.41) is 8.79. The van der Waals surface area contributed by atoms with Crippen molar-refractivity contribution in [2.75, 3.05) is 35.7 Å². The van der Waals surface area contributed by atoms with Crippen molar-refractivity contribution in [2.45, 2.75) is 25.8 Å². The molecule has 1 fully saturated rings. The fourth-order valence-corrected chi connectivity index (χ4v) is 4.12. The molecule has 3 aromatic rings. The Balaban J connectivity index is 1.34. The zero-order chi connectivity index (χ0) is 23.9. The van der Waals surface area contributed by atoms with Gasteiger partial charge in [0.25, 0.3) is 0 Å². The smallest absolute Gasteiger partial charge is 0.323 e. The van der Waals surface area contributed by atoms with Gasteiger partial charge in [0.05, 0.1) is 7.11 Å². The van der Waals surface area contributed by atoms with Crippen LogP contribution in [0.3, 0.4) is 0 Å². The fraction of sp³-hybridized carbons (Fsp3) is 0.259. The molecular weight excluding hydrogens is 428 g/mol. The lowest BCUT2D eigenvalue weighted by molar-refractivity contribution is -0.121. The van der Waals surface area contributed by atoms with E-state index in [9.17, 15) is 9.59 Å². The first kappa shape index (κ1) is 23.2. The zero-order valence-corrected chi connectivity index (χ0v) is 19.5. The number of ether oxygens (including phenoxy) is 1. The third-order valence-corrected chi connectivity index (χ3v) is 5.91. The second kappa shape index (κ2) is 10.7. The first-order chi connectivity index (χ1) is 16.6. The lowest BCUT2D eigenvalue weighted by Gasteiger charge is -2.19. The molecule has 7 nitrogen and oxygen atoms in total. The van der Waals surface area contributed by atoms with E-state index >= 15 is 0 Å². The molecule has 3 amide bonds. The van der Waals surface area contributed by atoms with Crippen LogP contribution in [0.25, 0.3) is 11.1 Å². The van der Waals surface area contributed by atoms with Gasteiger partial charge in [-0.1, -0.05) is 37.3 Å². The number of nitrogens with one attached hydrogen (secondary N) is 3. The summed E-state index contributed by atoms with van der Waals surface area (Å²) in [5.74, 6) is 0.775. The van der Waals surface area contributed by atoms with Gasteiger partial charge in [-0.3, -0.25) is 4.79 Å². The van der Waals surface area contributed by atoms with E-state index in [1.165, 1.54) is 0 Å². The van der Waals surface area contributed by atoms with Gasteiger partial charge < -0.3 is 25.6 Å². The molecule has 0 aromatic heterocycles. The zero-order valence-electron chi connectivity index (χ0n) is 19.5. The van der Waals surface area contributed by atoms with Crippen LogP contribution in [0.15, 0.2) is 72.8 Å². The Kier molecular flexibility index (Phi) is 7.32. The van der Waals surface area contributed by atoms with Gasteiger partial charge in [-0.05, 0) is 48.4 Å². The number of amides is 3. The normalized spacial score (nSPS) is 15.0. The number of carbonyl (C=O) groups is 2. The van der Waals surface area contributed by atoms with Crippen molar-refractivity contribution in [1.82, 2.24) is 5.32 Å². The fourth-order valence-electron chi connectivity index (χ4n) is 4.12. The van der Waals surface area contributed by atoms with Crippen LogP contribution in [0.2, 0.25) is 0 Å². The van der Waals surface area contributed by atoms with Gasteiger partial charge in [-0.2, -0.15) is 0 Å². The molecule has 1 atom stereocenters. The molecular formula is C27H30N4O3. The highest BCUT2D eigenvalue weighted by atomic mass is 16.5. The molecule has 1 aliphatic rings. The van der Waals surface area contributed by atoms with E-state index in [2.05, 4.69) is 20.9 Å². The average Bonchev–Trinajstić information content (AvgIpc) is 3.33. The maximum absolute atomic E-state index is 12.5. The summed E-state index contributed by atoms with van der Waals surface area (Å²) in [6, 6.07) is 23.1. The average molecular weight is 459 g/mol. The molecule has 0 saturated carbocycles. The largest absolute Gasteiger partial charge is 0.496 e. The molecule has 1 unspecified atom stereocenters. The van der Waals surface area contributed by atoms with Crippen LogP contribution >= 0.6 is 0 Å². The van der Waals surface area contributed by atoms with E-state index in [0.29, 0.717) is 23.5 Å². The summed E-state index contributed by atoms with van der Waals surface area (Å²) in [7, 11) is 1.62. The van der Waals surface area contributed by atoms with Crippen LogP contribution in [0.4, 0.5) is 21.9 Å². The Morgan fingerprint density at radius 2 is 1.68 bits per heavy atom. The quantitative estimate of drug-likeness (QED) is 0.459. The van der Waals surface area contributed by atoms with E-state index in [-0.39, 0.29) is 18.0 Å². The Hall–Kier alpha value is -4.00. The van der Waals surface area contributed by atoms with Crippen LogP contribution < -0.4 is 25.6 Å². The Morgan fingerprint density at radius 3 is 2.38 bits per heavy atom. The van der Waals surface area contributed by atoms with Crippen LogP contribution in [-0.4, -0.2) is 38.2 Å². The number of hydrogen-bond donors (Lipinski definition) is 3. The molecule has 176 valence electrons. The molecule has 7 heteroatoms. The van der Waals surface area contributed by atoms with Gasteiger partial charge in [-0.15, -0.1) is 0 Å². The van der Waals surface area contributed by atoms with Gasteiger partial charge in [0, 0.05) is 54.2 Å². The molecule has 4 rings (SSSR count). The lowest BCUT2D eigenvalue weighted by Crippen LogP contribution is -2.36. The van der Waals surface area contributed by atoms with Gasteiger partial charge >= 0.3 is 6.03 Å². The number of anilines is 3. The van der Waals surface area contributed by atoms with Crippen LogP contribution in [0.5, 0.6) is 5.75 Å². The molecule has 0 bridgehead atoms. The van der Waals surface area contributed by atoms with Crippen molar-refractivity contribution in [3.63, 3.8) is 0 Å². The topological polar surface area (TPSA) is 82.7 Å². The first-order valence-corrected chi connectivity index (χ1v) is 11.5. The van der Waals surface area contributed by atoms with Crippen molar-refractivity contribution < 1.29 is 14.3 Å². The van der Waals surface area contributed by atoms with E-state index in [4.69, 9.17) is 4.74 Å². The van der Waals surface area contributed by atoms with E-state index < -0.39 is 0 Å². The van der Waals surface area contributed by atoms with Crippen molar-refractivity contribution in [1.29, 1.82) is 0 Å². The molecule has 0 aliphatic carbocycles. The van der Waals surface area contributed by atoms with E-state index in [0.717, 1.165) is 36.3 Å². The number of urea groups is 1. The number of benzene rings is 3. The minimum Gasteiger partial charge on any atom is -0.496 e. The molecule has 1 heterocycles. The molecule has 3 N–H and O–H groups in total. The summed E-state index contributed by atoms with van der Waals surface area (Å²) >= 11 is 0. The lowest BCUT2D eigenvalue weighted by atomic mass is 10.0. The number of carbonyl (C=O) groups excluding carboxylic acids is 2. The highest BCUT2D eigenvalue weighted by Crippen LogP contribution is 2.32. The summed E-state index contributed by atoms with van der Waals surface area (Å²) in [6.45, 7) is 3.54. The summed E-state index contributed by atoms with van der Waals surface area (Å²) < 4.78 is 5.54. The van der Waals surface area contributed by atoms with Gasteiger partial charge in [0.15, 0.2) is 0 Å². The maximum Gasteiger partial charge on any atom is 0.323 e. The van der Waals surface area contributed by atoms with Gasteiger partial charge in [0.2, 0.25) is 5.91 Å². The Labute approximate surface area is 200 Å². The summed E-state index contributed by atoms with van der Waals surface area (Å²) in [4.78, 5) is 26.4. The van der Waals surface area contributed by atoms with E-state index in [1.807, 2.05) is 79.7 Å². The first-order valence-electron chi connectivity index (χ1n) is 11.5. The van der Waals surface area contributed by atoms with Gasteiger partial charge in [0.1, 0.15) is 5.75 Å². The number of rotatable bonds is 7. The SMILES string of the molecule is CCC(=O)NC1CCN(c2ccc(NC(=O)Nc3ccc(-c4ccccc4)c(OC)c3)cc2)C1. The van der Waals surface area contributed by atoms with Crippen molar-refractivity contribution >= 4 is 29.0 Å². The Bertz CT molecular complexity index is 1130. The Morgan fingerprint density at radius 1 is 0.971 bits per heavy atom. The second-order valence-corrected chi connectivity index (χ2v) is 8.26. The third-order valence-electron chi connectivity index (χ3n) is 5.91. The molecule has 34 heavy (non-hydrogen) atoms. The number of hydrogen-bond acceptors (Lipinski definition) is 4. The second-order valence-electron chi connectivity index (χ2n) is 8.26. The van der Waals surface area contributed by atoms with Crippen LogP contribution in [-0.2, 0) is 4.79 Å². The molecule has 1 aliphatic heterocycles. The third kappa shape index (κ3) is 5.67. The highest BCUT2D eigenvalue weighted by Gasteiger charge is 2.23. The monoisotopic (exact) mass is 458 g/mol. The molecule has 3 aromatic carbocycles. The van der Waals surface area contributed by atoms with Crippen molar-refractivity contribution in [2.24, 2.45) is 0 Å². The van der Waals surface area contributed by atoms with E-state index in [1.54, 1.807) is 7.11 Å². The highest BCUT2D eigenvalue weighted by molar-refractivity contribution is 6.00. The maximum atomic E-state index is 12.5. The molecule has 0 spiro atoms. The predicted molar refractivity (Wildman–Crippen MR) is 137 cm³/mol. The minimum absolute atomic E-state index is 0.0877. The predicted octanol–water partition coefficient (Wildman–Crippen LogP) is 5.11. The summed E-state index contributed by atoms with van der Waals surface area (Å²) in [5.41, 5.74) is 4.42.